The number of piperazine rings is 1. The zero-order valence-electron chi connectivity index (χ0n) is 19.3. The molecule has 7 heteroatoms. The van der Waals surface area contributed by atoms with Gasteiger partial charge in [-0.3, -0.25) is 9.69 Å². The molecule has 3 aromatic rings. The lowest BCUT2D eigenvalue weighted by Crippen LogP contribution is -2.48. The van der Waals surface area contributed by atoms with Gasteiger partial charge < -0.3 is 9.64 Å². The molecule has 1 aromatic heterocycles. The number of hydrogen-bond acceptors (Lipinski definition) is 5. The first-order valence-corrected chi connectivity index (χ1v) is 11.1. The molecule has 1 fully saturated rings. The van der Waals surface area contributed by atoms with Crippen LogP contribution < -0.4 is 4.74 Å². The second-order valence-corrected chi connectivity index (χ2v) is 8.52. The number of aryl methyl sites for hydroxylation is 1. The predicted octanol–water partition coefficient (Wildman–Crippen LogP) is 3.67. The average Bonchev–Trinajstić information content (AvgIpc) is 3.21. The number of hydrogen-bond donors (Lipinski definition) is 0. The Morgan fingerprint density at radius 2 is 1.72 bits per heavy atom. The lowest BCUT2D eigenvalue weighted by atomic mass is 10.0. The molecule has 168 valence electrons. The fourth-order valence-corrected chi connectivity index (χ4v) is 4.12. The average molecular weight is 434 g/mol. The molecule has 1 saturated heterocycles. The number of carbonyl (C=O) groups excluding carboxylic acids is 1. The third-order valence-corrected chi connectivity index (χ3v) is 5.97. The van der Waals surface area contributed by atoms with E-state index in [0.717, 1.165) is 36.9 Å². The van der Waals surface area contributed by atoms with Gasteiger partial charge in [0.2, 0.25) is 5.82 Å². The maximum absolute atomic E-state index is 13.1. The number of ether oxygens (including phenoxy) is 1. The lowest BCUT2D eigenvalue weighted by Gasteiger charge is -2.34. The standard InChI is InChI=1S/C25H31N5O2/c1-18(2)22-7-5-6-8-23(22)30-19(3)26-24(27-30)25(31)29-15-13-28(14-16-29)17-20-9-11-21(32-4)12-10-20/h5-12,18H,13-17H2,1-4H3. The molecule has 2 heterocycles. The molecule has 0 spiro atoms. The minimum Gasteiger partial charge on any atom is -0.497 e. The number of benzene rings is 2. The van der Waals surface area contributed by atoms with E-state index in [1.165, 1.54) is 11.1 Å². The van der Waals surface area contributed by atoms with Crippen molar-refractivity contribution in [3.63, 3.8) is 0 Å². The first kappa shape index (κ1) is 22.0. The summed E-state index contributed by atoms with van der Waals surface area (Å²) in [6.07, 6.45) is 0. The molecule has 2 aromatic carbocycles. The summed E-state index contributed by atoms with van der Waals surface area (Å²) in [7, 11) is 1.67. The van der Waals surface area contributed by atoms with Crippen molar-refractivity contribution in [3.05, 3.63) is 71.3 Å². The molecule has 0 aliphatic carbocycles. The number of carbonyl (C=O) groups is 1. The fraction of sp³-hybridized carbons (Fsp3) is 0.400. The molecule has 1 aliphatic rings. The molecule has 0 bridgehead atoms. The Labute approximate surface area is 189 Å². The van der Waals surface area contributed by atoms with Crippen LogP contribution in [-0.2, 0) is 6.54 Å². The van der Waals surface area contributed by atoms with Crippen LogP contribution in [0.2, 0.25) is 0 Å². The smallest absolute Gasteiger partial charge is 0.293 e. The topological polar surface area (TPSA) is 63.5 Å². The number of amides is 1. The number of aromatic nitrogens is 3. The van der Waals surface area contributed by atoms with E-state index in [1.807, 2.05) is 42.2 Å². The van der Waals surface area contributed by atoms with Gasteiger partial charge in [-0.25, -0.2) is 9.67 Å². The first-order valence-electron chi connectivity index (χ1n) is 11.1. The number of methoxy groups -OCH3 is 1. The molecule has 32 heavy (non-hydrogen) atoms. The van der Waals surface area contributed by atoms with Gasteiger partial charge in [0.25, 0.3) is 5.91 Å². The Hall–Kier alpha value is -3.19. The summed E-state index contributed by atoms with van der Waals surface area (Å²) in [4.78, 5) is 21.8. The summed E-state index contributed by atoms with van der Waals surface area (Å²) in [5, 5.41) is 4.59. The largest absolute Gasteiger partial charge is 0.497 e. The van der Waals surface area contributed by atoms with Crippen molar-refractivity contribution in [3.8, 4) is 11.4 Å². The van der Waals surface area contributed by atoms with E-state index in [1.54, 1.807) is 11.8 Å². The zero-order chi connectivity index (χ0) is 22.7. The van der Waals surface area contributed by atoms with Gasteiger partial charge in [-0.1, -0.05) is 44.2 Å². The lowest BCUT2D eigenvalue weighted by molar-refractivity contribution is 0.0616. The maximum atomic E-state index is 13.1. The Bertz CT molecular complexity index is 1070. The number of rotatable bonds is 6. The summed E-state index contributed by atoms with van der Waals surface area (Å²) in [5.74, 6) is 2.11. The Morgan fingerprint density at radius 1 is 1.03 bits per heavy atom. The molecule has 1 amide bonds. The third-order valence-electron chi connectivity index (χ3n) is 5.97. The molecule has 0 radical (unpaired) electrons. The van der Waals surface area contributed by atoms with Crippen LogP contribution in [0, 0.1) is 6.92 Å². The van der Waals surface area contributed by atoms with E-state index in [4.69, 9.17) is 4.74 Å². The van der Waals surface area contributed by atoms with Crippen LogP contribution in [0.5, 0.6) is 5.75 Å². The van der Waals surface area contributed by atoms with Crippen LogP contribution in [0.4, 0.5) is 0 Å². The zero-order valence-corrected chi connectivity index (χ0v) is 19.3. The van der Waals surface area contributed by atoms with Gasteiger partial charge in [-0.2, -0.15) is 0 Å². The summed E-state index contributed by atoms with van der Waals surface area (Å²) in [5.41, 5.74) is 3.41. The van der Waals surface area contributed by atoms with E-state index in [9.17, 15) is 4.79 Å². The molecule has 0 saturated carbocycles. The van der Waals surface area contributed by atoms with E-state index < -0.39 is 0 Å². The van der Waals surface area contributed by atoms with Crippen molar-refractivity contribution in [2.75, 3.05) is 33.3 Å². The molecular weight excluding hydrogens is 402 g/mol. The highest BCUT2D eigenvalue weighted by Gasteiger charge is 2.26. The second kappa shape index (κ2) is 9.53. The SMILES string of the molecule is COc1ccc(CN2CCN(C(=O)c3nc(C)n(-c4ccccc4C(C)C)n3)CC2)cc1. The van der Waals surface area contributed by atoms with Gasteiger partial charge in [-0.15, -0.1) is 5.10 Å². The third kappa shape index (κ3) is 4.67. The van der Waals surface area contributed by atoms with Crippen molar-refractivity contribution in [1.82, 2.24) is 24.6 Å². The van der Waals surface area contributed by atoms with Crippen LogP contribution in [0.3, 0.4) is 0 Å². The Balaban J connectivity index is 1.41. The van der Waals surface area contributed by atoms with Crippen molar-refractivity contribution in [2.45, 2.75) is 33.2 Å². The predicted molar refractivity (Wildman–Crippen MR) is 124 cm³/mol. The summed E-state index contributed by atoms with van der Waals surface area (Å²) < 4.78 is 7.02. The van der Waals surface area contributed by atoms with Crippen LogP contribution >= 0.6 is 0 Å². The summed E-state index contributed by atoms with van der Waals surface area (Å²) >= 11 is 0. The molecule has 0 atom stereocenters. The highest BCUT2D eigenvalue weighted by atomic mass is 16.5. The maximum Gasteiger partial charge on any atom is 0.293 e. The Kier molecular flexibility index (Phi) is 6.55. The molecule has 1 aliphatic heterocycles. The monoisotopic (exact) mass is 433 g/mol. The van der Waals surface area contributed by atoms with Crippen molar-refractivity contribution >= 4 is 5.91 Å². The van der Waals surface area contributed by atoms with Crippen molar-refractivity contribution in [2.24, 2.45) is 0 Å². The minimum atomic E-state index is -0.0991. The van der Waals surface area contributed by atoms with Gasteiger partial charge >= 0.3 is 0 Å². The van der Waals surface area contributed by atoms with Crippen LogP contribution in [0.25, 0.3) is 5.69 Å². The van der Waals surface area contributed by atoms with Gasteiger partial charge in [0, 0.05) is 32.7 Å². The molecule has 0 unspecified atom stereocenters. The quantitative estimate of drug-likeness (QED) is 0.594. The fourth-order valence-electron chi connectivity index (χ4n) is 4.12. The number of nitrogens with zero attached hydrogens (tertiary/aromatic N) is 5. The first-order chi connectivity index (χ1) is 15.5. The van der Waals surface area contributed by atoms with Crippen molar-refractivity contribution < 1.29 is 9.53 Å². The molecular formula is C25H31N5O2. The van der Waals surface area contributed by atoms with E-state index in [-0.39, 0.29) is 11.7 Å². The van der Waals surface area contributed by atoms with E-state index >= 15 is 0 Å². The van der Waals surface area contributed by atoms with Crippen LogP contribution in [0.15, 0.2) is 48.5 Å². The number of para-hydroxylation sites is 1. The van der Waals surface area contributed by atoms with E-state index in [0.29, 0.717) is 19.0 Å². The molecule has 4 rings (SSSR count). The highest BCUT2D eigenvalue weighted by molar-refractivity contribution is 5.90. The van der Waals surface area contributed by atoms with Crippen LogP contribution in [0.1, 0.15) is 47.3 Å². The minimum absolute atomic E-state index is 0.0991. The van der Waals surface area contributed by atoms with Crippen molar-refractivity contribution in [1.29, 1.82) is 0 Å². The second-order valence-electron chi connectivity index (χ2n) is 8.52. The molecule has 7 nitrogen and oxygen atoms in total. The molecule has 0 N–H and O–H groups in total. The normalized spacial score (nSPS) is 14.7. The summed E-state index contributed by atoms with van der Waals surface area (Å²) in [6.45, 7) is 10.1. The van der Waals surface area contributed by atoms with Gasteiger partial charge in [0.15, 0.2) is 0 Å². The summed E-state index contributed by atoms with van der Waals surface area (Å²) in [6, 6.07) is 16.3. The van der Waals surface area contributed by atoms with Gasteiger partial charge in [0.05, 0.1) is 12.8 Å². The van der Waals surface area contributed by atoms with E-state index in [2.05, 4.69) is 47.0 Å². The van der Waals surface area contributed by atoms with Gasteiger partial charge in [0.1, 0.15) is 11.6 Å². The van der Waals surface area contributed by atoms with Gasteiger partial charge in [-0.05, 0) is 42.2 Å². The Morgan fingerprint density at radius 3 is 2.38 bits per heavy atom. The highest BCUT2D eigenvalue weighted by Crippen LogP contribution is 2.23. The van der Waals surface area contributed by atoms with Crippen LogP contribution in [-0.4, -0.2) is 63.8 Å².